The Balaban J connectivity index is 1.86. The minimum absolute atomic E-state index is 0.156. The average Bonchev–Trinajstić information content (AvgIpc) is 2.97. The second-order valence-corrected chi connectivity index (χ2v) is 9.09. The van der Waals surface area contributed by atoms with Crippen LogP contribution < -0.4 is 4.74 Å². The number of rotatable bonds is 6. The van der Waals surface area contributed by atoms with Gasteiger partial charge in [0.05, 0.1) is 19.9 Å². The first-order valence-corrected chi connectivity index (χ1v) is 11.1. The molecule has 0 N–H and O–H groups in total. The van der Waals surface area contributed by atoms with E-state index in [1.807, 2.05) is 6.92 Å². The third kappa shape index (κ3) is 5.30. The lowest BCUT2D eigenvalue weighted by Crippen LogP contribution is -2.28. The molecule has 6 nitrogen and oxygen atoms in total. The van der Waals surface area contributed by atoms with Gasteiger partial charge in [-0.1, -0.05) is 37.0 Å². The number of hydrogen-bond acceptors (Lipinski definition) is 6. The van der Waals surface area contributed by atoms with Crippen molar-refractivity contribution in [1.82, 2.24) is 4.90 Å². The average molecular weight is 547 g/mol. The number of hydrogen-bond donors (Lipinski definition) is 0. The standard InChI is InChI=1S/C20H14BrF3N2O4S2/c1-2-7-25-18(27)17(32-19(25)31)9-11-3-5-15(13(21)8-11)30-16-6-4-12(20(22,23)24)10-14(16)26(28)29/h3-6,8-10H,2,7H2,1H3/b17-9-. The van der Waals surface area contributed by atoms with Gasteiger partial charge in [0.2, 0.25) is 5.75 Å². The molecule has 0 spiro atoms. The lowest BCUT2D eigenvalue weighted by Gasteiger charge is -2.12. The zero-order valence-electron chi connectivity index (χ0n) is 16.3. The number of carbonyl (C=O) groups is 1. The van der Waals surface area contributed by atoms with E-state index in [-0.39, 0.29) is 17.4 Å². The summed E-state index contributed by atoms with van der Waals surface area (Å²) >= 11 is 9.72. The highest BCUT2D eigenvalue weighted by molar-refractivity contribution is 9.10. The van der Waals surface area contributed by atoms with Crippen molar-refractivity contribution in [3.05, 3.63) is 67.0 Å². The second-order valence-electron chi connectivity index (χ2n) is 6.56. The molecule has 0 unspecified atom stereocenters. The molecule has 0 aromatic heterocycles. The third-order valence-electron chi connectivity index (χ3n) is 4.28. The molecule has 0 bridgehead atoms. The smallest absolute Gasteiger partial charge is 0.416 e. The number of benzene rings is 2. The van der Waals surface area contributed by atoms with Crippen LogP contribution in [-0.2, 0) is 11.0 Å². The van der Waals surface area contributed by atoms with Crippen LogP contribution in [0.2, 0.25) is 0 Å². The van der Waals surface area contributed by atoms with Crippen LogP contribution in [0.3, 0.4) is 0 Å². The number of nitrogens with zero attached hydrogens (tertiary/aromatic N) is 2. The van der Waals surface area contributed by atoms with Gasteiger partial charge in [-0.15, -0.1) is 0 Å². The van der Waals surface area contributed by atoms with E-state index in [1.54, 1.807) is 18.2 Å². The number of alkyl halides is 3. The molecule has 2 aromatic carbocycles. The minimum Gasteiger partial charge on any atom is -0.449 e. The third-order valence-corrected chi connectivity index (χ3v) is 6.27. The summed E-state index contributed by atoms with van der Waals surface area (Å²) in [4.78, 5) is 24.8. The van der Waals surface area contributed by atoms with E-state index in [4.69, 9.17) is 17.0 Å². The van der Waals surface area contributed by atoms with Crippen molar-refractivity contribution in [2.75, 3.05) is 6.54 Å². The molecular formula is C20H14BrF3N2O4S2. The first-order chi connectivity index (χ1) is 15.0. The highest BCUT2D eigenvalue weighted by atomic mass is 79.9. The molecule has 3 rings (SSSR count). The SMILES string of the molecule is CCCN1C(=O)/C(=C/c2ccc(Oc3ccc(C(F)(F)F)cc3[N+](=O)[O-])c(Br)c2)SC1=S. The second kappa shape index (κ2) is 9.59. The highest BCUT2D eigenvalue weighted by Gasteiger charge is 2.34. The van der Waals surface area contributed by atoms with Crippen LogP contribution >= 0.6 is 39.9 Å². The molecule has 12 heteroatoms. The zero-order chi connectivity index (χ0) is 23.6. The van der Waals surface area contributed by atoms with Gasteiger partial charge in [-0.25, -0.2) is 0 Å². The van der Waals surface area contributed by atoms with Crippen molar-refractivity contribution in [1.29, 1.82) is 0 Å². The predicted octanol–water partition coefficient (Wildman–Crippen LogP) is 6.78. The fourth-order valence-electron chi connectivity index (χ4n) is 2.80. The molecule has 1 heterocycles. The Hall–Kier alpha value is -2.44. The van der Waals surface area contributed by atoms with Gasteiger partial charge in [0.1, 0.15) is 10.1 Å². The van der Waals surface area contributed by atoms with Crippen molar-refractivity contribution in [2.45, 2.75) is 19.5 Å². The fraction of sp³-hybridized carbons (Fsp3) is 0.200. The highest BCUT2D eigenvalue weighted by Crippen LogP contribution is 2.40. The monoisotopic (exact) mass is 546 g/mol. The Morgan fingerprint density at radius 3 is 2.53 bits per heavy atom. The number of nitro groups is 1. The number of thioether (sulfide) groups is 1. The minimum atomic E-state index is -4.72. The molecule has 1 aliphatic rings. The molecule has 0 aliphatic carbocycles. The summed E-state index contributed by atoms with van der Waals surface area (Å²) in [5, 5.41) is 11.2. The first kappa shape index (κ1) is 24.2. The van der Waals surface area contributed by atoms with Crippen LogP contribution in [0, 0.1) is 10.1 Å². The van der Waals surface area contributed by atoms with Gasteiger partial charge >= 0.3 is 11.9 Å². The van der Waals surface area contributed by atoms with Crippen molar-refractivity contribution in [3.63, 3.8) is 0 Å². The largest absolute Gasteiger partial charge is 0.449 e. The Bertz CT molecular complexity index is 1140. The maximum Gasteiger partial charge on any atom is 0.416 e. The summed E-state index contributed by atoms with van der Waals surface area (Å²) in [5.74, 6) is -0.362. The molecule has 1 aliphatic heterocycles. The maximum atomic E-state index is 12.9. The van der Waals surface area contributed by atoms with E-state index >= 15 is 0 Å². The molecule has 168 valence electrons. The topological polar surface area (TPSA) is 72.7 Å². The molecule has 1 fully saturated rings. The van der Waals surface area contributed by atoms with E-state index in [0.29, 0.717) is 37.9 Å². The summed E-state index contributed by atoms with van der Waals surface area (Å²) in [5.41, 5.74) is -1.31. The number of nitro benzene ring substituents is 1. The van der Waals surface area contributed by atoms with E-state index in [2.05, 4.69) is 15.9 Å². The quantitative estimate of drug-likeness (QED) is 0.172. The summed E-state index contributed by atoms with van der Waals surface area (Å²) in [6, 6.07) is 6.77. The Labute approximate surface area is 198 Å². The number of amides is 1. The van der Waals surface area contributed by atoms with E-state index in [1.165, 1.54) is 22.7 Å². The summed E-state index contributed by atoms with van der Waals surface area (Å²) in [6.07, 6.45) is -2.29. The molecule has 0 radical (unpaired) electrons. The number of ether oxygens (including phenoxy) is 1. The van der Waals surface area contributed by atoms with Gasteiger partial charge in [-0.2, -0.15) is 13.2 Å². The number of halogens is 4. The van der Waals surface area contributed by atoms with Crippen molar-refractivity contribution >= 4 is 61.9 Å². The first-order valence-electron chi connectivity index (χ1n) is 9.09. The Kier molecular flexibility index (Phi) is 7.25. The van der Waals surface area contributed by atoms with Gasteiger partial charge in [0.25, 0.3) is 5.91 Å². The predicted molar refractivity (Wildman–Crippen MR) is 122 cm³/mol. The van der Waals surface area contributed by atoms with Gasteiger partial charge in [0.15, 0.2) is 0 Å². The number of thiocarbonyl (C=S) groups is 1. The molecule has 0 saturated carbocycles. The van der Waals surface area contributed by atoms with Crippen molar-refractivity contribution < 1.29 is 27.6 Å². The Morgan fingerprint density at radius 2 is 1.94 bits per heavy atom. The van der Waals surface area contributed by atoms with Crippen LogP contribution in [0.4, 0.5) is 18.9 Å². The van der Waals surface area contributed by atoms with Crippen molar-refractivity contribution in [3.8, 4) is 11.5 Å². The molecule has 32 heavy (non-hydrogen) atoms. The molecule has 1 amide bonds. The molecule has 1 saturated heterocycles. The van der Waals surface area contributed by atoms with Gasteiger partial charge < -0.3 is 4.74 Å². The fourth-order valence-corrected chi connectivity index (χ4v) is 4.58. The Morgan fingerprint density at radius 1 is 1.25 bits per heavy atom. The normalized spacial score (nSPS) is 15.5. The molecule has 2 aromatic rings. The van der Waals surface area contributed by atoms with Crippen LogP contribution in [0.25, 0.3) is 6.08 Å². The van der Waals surface area contributed by atoms with Crippen LogP contribution in [0.15, 0.2) is 45.8 Å². The van der Waals surface area contributed by atoms with Gasteiger partial charge in [-0.05, 0) is 58.3 Å². The summed E-state index contributed by atoms with van der Waals surface area (Å²) < 4.78 is 45.0. The van der Waals surface area contributed by atoms with E-state index in [0.717, 1.165) is 12.5 Å². The summed E-state index contributed by atoms with van der Waals surface area (Å²) in [7, 11) is 0. The van der Waals surface area contributed by atoms with Crippen LogP contribution in [-0.4, -0.2) is 26.6 Å². The lowest BCUT2D eigenvalue weighted by atomic mass is 10.1. The summed E-state index contributed by atoms with van der Waals surface area (Å²) in [6.45, 7) is 2.48. The number of carbonyl (C=O) groups excluding carboxylic acids is 1. The van der Waals surface area contributed by atoms with Crippen LogP contribution in [0.1, 0.15) is 24.5 Å². The van der Waals surface area contributed by atoms with Gasteiger partial charge in [-0.3, -0.25) is 19.8 Å². The van der Waals surface area contributed by atoms with Crippen LogP contribution in [0.5, 0.6) is 11.5 Å². The van der Waals surface area contributed by atoms with Crippen molar-refractivity contribution in [2.24, 2.45) is 0 Å². The van der Waals surface area contributed by atoms with E-state index < -0.39 is 22.4 Å². The lowest BCUT2D eigenvalue weighted by molar-refractivity contribution is -0.385. The van der Waals surface area contributed by atoms with Gasteiger partial charge in [0, 0.05) is 12.6 Å². The molecule has 0 atom stereocenters. The zero-order valence-corrected chi connectivity index (χ0v) is 19.5. The molecular weight excluding hydrogens is 533 g/mol. The maximum absolute atomic E-state index is 12.9. The van der Waals surface area contributed by atoms with E-state index in [9.17, 15) is 28.1 Å².